The van der Waals surface area contributed by atoms with Crippen molar-refractivity contribution in [1.29, 1.82) is 0 Å². The number of nitrogens with zero attached hydrogens (tertiary/aromatic N) is 2. The molecular formula is C14H15N3O2. The summed E-state index contributed by atoms with van der Waals surface area (Å²) in [5.74, 6) is 1.09. The number of nitrogen functional groups attached to an aromatic ring is 1. The number of hydrogen-bond acceptors (Lipinski definition) is 4. The highest BCUT2D eigenvalue weighted by Gasteiger charge is 2.15. The van der Waals surface area contributed by atoms with Gasteiger partial charge in [-0.05, 0) is 24.3 Å². The Bertz CT molecular complexity index is 600. The third-order valence-corrected chi connectivity index (χ3v) is 2.81. The van der Waals surface area contributed by atoms with Crippen molar-refractivity contribution in [3.8, 4) is 17.0 Å². The first kappa shape index (κ1) is 12.9. The van der Waals surface area contributed by atoms with Crippen molar-refractivity contribution in [3.05, 3.63) is 42.5 Å². The number of anilines is 1. The highest BCUT2D eigenvalue weighted by molar-refractivity contribution is 5.91. The summed E-state index contributed by atoms with van der Waals surface area (Å²) in [7, 11) is 1.60. The van der Waals surface area contributed by atoms with Crippen molar-refractivity contribution in [3.63, 3.8) is 0 Å². The molecule has 0 atom stereocenters. The summed E-state index contributed by atoms with van der Waals surface area (Å²) in [5, 5.41) is 4.34. The van der Waals surface area contributed by atoms with E-state index in [1.165, 1.54) is 0 Å². The molecule has 5 heteroatoms. The molecule has 2 aromatic rings. The Morgan fingerprint density at radius 1 is 1.42 bits per heavy atom. The van der Waals surface area contributed by atoms with Gasteiger partial charge >= 0.3 is 0 Å². The quantitative estimate of drug-likeness (QED) is 0.658. The third-order valence-electron chi connectivity index (χ3n) is 2.81. The molecule has 0 radical (unpaired) electrons. The third kappa shape index (κ3) is 2.35. The van der Waals surface area contributed by atoms with Gasteiger partial charge in [-0.2, -0.15) is 5.10 Å². The molecule has 1 heterocycles. The molecule has 0 bridgehead atoms. The predicted molar refractivity (Wildman–Crippen MR) is 74.2 cm³/mol. The molecular weight excluding hydrogens is 242 g/mol. The summed E-state index contributed by atoms with van der Waals surface area (Å²) in [6.45, 7) is 4.10. The molecule has 0 saturated heterocycles. The summed E-state index contributed by atoms with van der Waals surface area (Å²) in [4.78, 5) is 11.2. The summed E-state index contributed by atoms with van der Waals surface area (Å²) in [6.07, 6.45) is 2.40. The normalized spacial score (nSPS) is 10.2. The van der Waals surface area contributed by atoms with Crippen LogP contribution in [0.2, 0.25) is 0 Å². The van der Waals surface area contributed by atoms with Crippen molar-refractivity contribution in [2.75, 3.05) is 12.8 Å². The van der Waals surface area contributed by atoms with E-state index in [0.29, 0.717) is 23.6 Å². The first-order valence-corrected chi connectivity index (χ1v) is 5.78. The molecule has 0 aliphatic rings. The van der Waals surface area contributed by atoms with Gasteiger partial charge in [0.25, 0.3) is 0 Å². The van der Waals surface area contributed by atoms with Crippen molar-refractivity contribution >= 4 is 12.1 Å². The Balaban J connectivity index is 2.50. The standard InChI is InChI=1S/C14H15N3O2/c1-3-8-17-14(15)12(9-18)13(16-17)10-4-6-11(19-2)7-5-10/h3-7,9H,1,8,15H2,2H3. The molecule has 1 aromatic carbocycles. The minimum Gasteiger partial charge on any atom is -0.497 e. The Kier molecular flexibility index (Phi) is 3.66. The number of hydrogen-bond donors (Lipinski definition) is 1. The molecule has 1 aromatic heterocycles. The molecule has 2 N–H and O–H groups in total. The second-order valence-corrected chi connectivity index (χ2v) is 3.96. The Labute approximate surface area is 111 Å². The van der Waals surface area contributed by atoms with Crippen LogP contribution in [0.5, 0.6) is 5.75 Å². The number of nitrogens with two attached hydrogens (primary N) is 1. The van der Waals surface area contributed by atoms with Crippen LogP contribution >= 0.6 is 0 Å². The number of methoxy groups -OCH3 is 1. The second-order valence-electron chi connectivity index (χ2n) is 3.96. The SMILES string of the molecule is C=CCn1nc(-c2ccc(OC)cc2)c(C=O)c1N. The molecule has 0 fully saturated rings. The maximum atomic E-state index is 11.2. The monoisotopic (exact) mass is 257 g/mol. The van der Waals surface area contributed by atoms with Gasteiger partial charge in [0.2, 0.25) is 0 Å². The van der Waals surface area contributed by atoms with Crippen LogP contribution < -0.4 is 10.5 Å². The van der Waals surface area contributed by atoms with E-state index in [1.807, 2.05) is 24.3 Å². The lowest BCUT2D eigenvalue weighted by atomic mass is 10.1. The molecule has 19 heavy (non-hydrogen) atoms. The summed E-state index contributed by atoms with van der Waals surface area (Å²) < 4.78 is 6.65. The van der Waals surface area contributed by atoms with E-state index in [0.717, 1.165) is 17.6 Å². The number of carbonyl (C=O) groups is 1. The van der Waals surface area contributed by atoms with E-state index in [4.69, 9.17) is 10.5 Å². The van der Waals surface area contributed by atoms with E-state index >= 15 is 0 Å². The molecule has 0 aliphatic heterocycles. The van der Waals surface area contributed by atoms with E-state index in [1.54, 1.807) is 17.9 Å². The molecule has 2 rings (SSSR count). The Morgan fingerprint density at radius 3 is 2.63 bits per heavy atom. The fourth-order valence-electron chi connectivity index (χ4n) is 1.83. The summed E-state index contributed by atoms with van der Waals surface area (Å²) >= 11 is 0. The minimum atomic E-state index is 0.348. The zero-order chi connectivity index (χ0) is 13.8. The highest BCUT2D eigenvalue weighted by atomic mass is 16.5. The van der Waals surface area contributed by atoms with Gasteiger partial charge in [0.1, 0.15) is 17.3 Å². The number of aldehydes is 1. The fourth-order valence-corrected chi connectivity index (χ4v) is 1.83. The van der Waals surface area contributed by atoms with Crippen LogP contribution in [0.25, 0.3) is 11.3 Å². The van der Waals surface area contributed by atoms with E-state index in [-0.39, 0.29) is 0 Å². The second kappa shape index (κ2) is 5.39. The molecule has 0 saturated carbocycles. The van der Waals surface area contributed by atoms with Crippen molar-refractivity contribution in [1.82, 2.24) is 9.78 Å². The molecule has 0 spiro atoms. The predicted octanol–water partition coefficient (Wildman–Crippen LogP) is 2.14. The summed E-state index contributed by atoms with van der Waals surface area (Å²) in [6, 6.07) is 7.30. The lowest BCUT2D eigenvalue weighted by Gasteiger charge is -2.01. The molecule has 0 unspecified atom stereocenters. The van der Waals surface area contributed by atoms with Crippen LogP contribution in [-0.4, -0.2) is 23.2 Å². The van der Waals surface area contributed by atoms with Gasteiger partial charge in [-0.15, -0.1) is 6.58 Å². The molecule has 98 valence electrons. The number of carbonyl (C=O) groups excluding carboxylic acids is 1. The van der Waals surface area contributed by atoms with E-state index in [2.05, 4.69) is 11.7 Å². The minimum absolute atomic E-state index is 0.348. The maximum Gasteiger partial charge on any atom is 0.156 e. The zero-order valence-corrected chi connectivity index (χ0v) is 10.7. The van der Waals surface area contributed by atoms with Gasteiger partial charge in [0.05, 0.1) is 19.2 Å². The topological polar surface area (TPSA) is 70.1 Å². The molecule has 0 amide bonds. The summed E-state index contributed by atoms with van der Waals surface area (Å²) in [5.41, 5.74) is 7.67. The van der Waals surface area contributed by atoms with Gasteiger partial charge in [-0.25, -0.2) is 4.68 Å². The molecule has 0 aliphatic carbocycles. The average Bonchev–Trinajstić information content (AvgIpc) is 2.76. The van der Waals surface area contributed by atoms with Crippen LogP contribution in [0, 0.1) is 0 Å². The smallest absolute Gasteiger partial charge is 0.156 e. The number of rotatable bonds is 5. The van der Waals surface area contributed by atoms with E-state index in [9.17, 15) is 4.79 Å². The Hall–Kier alpha value is -2.56. The number of ether oxygens (including phenoxy) is 1. The lowest BCUT2D eigenvalue weighted by Crippen LogP contribution is -2.03. The first-order valence-electron chi connectivity index (χ1n) is 5.78. The average molecular weight is 257 g/mol. The van der Waals surface area contributed by atoms with Gasteiger partial charge in [-0.3, -0.25) is 4.79 Å². The number of allylic oxidation sites excluding steroid dienone is 1. The van der Waals surface area contributed by atoms with Crippen molar-refractivity contribution in [2.24, 2.45) is 0 Å². The highest BCUT2D eigenvalue weighted by Crippen LogP contribution is 2.27. The van der Waals surface area contributed by atoms with Crippen LogP contribution in [-0.2, 0) is 6.54 Å². The van der Waals surface area contributed by atoms with Crippen molar-refractivity contribution in [2.45, 2.75) is 6.54 Å². The first-order chi connectivity index (χ1) is 9.21. The van der Waals surface area contributed by atoms with Crippen LogP contribution in [0.3, 0.4) is 0 Å². The van der Waals surface area contributed by atoms with Gasteiger partial charge in [0.15, 0.2) is 6.29 Å². The number of aromatic nitrogens is 2. The molecule has 5 nitrogen and oxygen atoms in total. The Morgan fingerprint density at radius 2 is 2.11 bits per heavy atom. The lowest BCUT2D eigenvalue weighted by molar-refractivity contribution is 0.112. The van der Waals surface area contributed by atoms with Gasteiger partial charge in [-0.1, -0.05) is 6.08 Å². The van der Waals surface area contributed by atoms with Crippen LogP contribution in [0.4, 0.5) is 5.82 Å². The van der Waals surface area contributed by atoms with Gasteiger partial charge in [0, 0.05) is 5.56 Å². The zero-order valence-electron chi connectivity index (χ0n) is 10.7. The fraction of sp³-hybridized carbons (Fsp3) is 0.143. The largest absolute Gasteiger partial charge is 0.497 e. The van der Waals surface area contributed by atoms with E-state index < -0.39 is 0 Å². The van der Waals surface area contributed by atoms with Crippen molar-refractivity contribution < 1.29 is 9.53 Å². The van der Waals surface area contributed by atoms with Crippen LogP contribution in [0.15, 0.2) is 36.9 Å². The number of benzene rings is 1. The maximum absolute atomic E-state index is 11.2. The van der Waals surface area contributed by atoms with Crippen LogP contribution in [0.1, 0.15) is 10.4 Å². The van der Waals surface area contributed by atoms with Gasteiger partial charge < -0.3 is 10.5 Å².